The SMILES string of the molecule is O=C(C[NH+]1CCCCC1)Nc1ccc(C(=O)NC2CC2)cc1. The lowest BCUT2D eigenvalue weighted by Crippen LogP contribution is -3.13. The number of carbonyl (C=O) groups is 2. The van der Waals surface area contributed by atoms with E-state index in [1.54, 1.807) is 24.3 Å². The van der Waals surface area contributed by atoms with Crippen LogP contribution in [0.1, 0.15) is 42.5 Å². The van der Waals surface area contributed by atoms with Crippen molar-refractivity contribution in [1.82, 2.24) is 5.32 Å². The summed E-state index contributed by atoms with van der Waals surface area (Å²) in [5.74, 6) is 0.0187. The topological polar surface area (TPSA) is 62.6 Å². The molecular formula is C17H24N3O2+. The molecule has 0 radical (unpaired) electrons. The molecule has 0 atom stereocenters. The Bertz CT molecular complexity index is 531. The molecule has 1 aromatic carbocycles. The summed E-state index contributed by atoms with van der Waals surface area (Å²) in [7, 11) is 0. The van der Waals surface area contributed by atoms with E-state index in [9.17, 15) is 9.59 Å². The molecule has 1 aliphatic carbocycles. The summed E-state index contributed by atoms with van der Waals surface area (Å²) < 4.78 is 0. The van der Waals surface area contributed by atoms with Gasteiger partial charge in [-0.05, 0) is 56.4 Å². The Morgan fingerprint density at radius 1 is 1.05 bits per heavy atom. The second kappa shape index (κ2) is 6.92. The minimum Gasteiger partial charge on any atom is -0.349 e. The maximum atomic E-state index is 12.0. The largest absolute Gasteiger partial charge is 0.349 e. The summed E-state index contributed by atoms with van der Waals surface area (Å²) in [6.07, 6.45) is 5.88. The van der Waals surface area contributed by atoms with Crippen molar-refractivity contribution in [2.45, 2.75) is 38.1 Å². The van der Waals surface area contributed by atoms with Crippen LogP contribution in [-0.4, -0.2) is 37.5 Å². The van der Waals surface area contributed by atoms with Crippen LogP contribution in [0.25, 0.3) is 0 Å². The van der Waals surface area contributed by atoms with Crippen molar-refractivity contribution in [3.8, 4) is 0 Å². The van der Waals surface area contributed by atoms with Crippen LogP contribution < -0.4 is 15.5 Å². The molecule has 0 unspecified atom stereocenters. The molecule has 1 saturated heterocycles. The van der Waals surface area contributed by atoms with Gasteiger partial charge in [-0.2, -0.15) is 0 Å². The highest BCUT2D eigenvalue weighted by atomic mass is 16.2. The first kappa shape index (κ1) is 15.0. The highest BCUT2D eigenvalue weighted by Crippen LogP contribution is 2.19. The molecule has 1 heterocycles. The number of nitrogens with one attached hydrogen (secondary N) is 3. The van der Waals surface area contributed by atoms with Crippen LogP contribution in [0.2, 0.25) is 0 Å². The van der Waals surface area contributed by atoms with Crippen molar-refractivity contribution in [2.24, 2.45) is 0 Å². The van der Waals surface area contributed by atoms with Gasteiger partial charge in [-0.15, -0.1) is 0 Å². The Morgan fingerprint density at radius 2 is 1.73 bits per heavy atom. The van der Waals surface area contributed by atoms with Crippen LogP contribution in [0.5, 0.6) is 0 Å². The number of hydrogen-bond donors (Lipinski definition) is 3. The van der Waals surface area contributed by atoms with Gasteiger partial charge in [0.15, 0.2) is 6.54 Å². The summed E-state index contributed by atoms with van der Waals surface area (Å²) in [5, 5.41) is 5.87. The molecule has 3 rings (SSSR count). The first-order valence-corrected chi connectivity index (χ1v) is 8.25. The molecule has 1 aliphatic heterocycles. The van der Waals surface area contributed by atoms with Crippen LogP contribution >= 0.6 is 0 Å². The molecule has 5 heteroatoms. The zero-order valence-corrected chi connectivity index (χ0v) is 12.9. The lowest BCUT2D eigenvalue weighted by atomic mass is 10.1. The van der Waals surface area contributed by atoms with E-state index in [1.807, 2.05) is 0 Å². The van der Waals surface area contributed by atoms with Gasteiger partial charge >= 0.3 is 0 Å². The molecule has 2 fully saturated rings. The summed E-state index contributed by atoms with van der Waals surface area (Å²) in [6.45, 7) is 2.71. The van der Waals surface area contributed by atoms with Crippen molar-refractivity contribution in [3.05, 3.63) is 29.8 Å². The molecule has 2 amide bonds. The number of anilines is 1. The predicted molar refractivity (Wildman–Crippen MR) is 85.0 cm³/mol. The molecule has 22 heavy (non-hydrogen) atoms. The van der Waals surface area contributed by atoms with Crippen molar-refractivity contribution in [2.75, 3.05) is 25.0 Å². The Balaban J connectivity index is 1.49. The number of piperidine rings is 1. The Hall–Kier alpha value is -1.88. The lowest BCUT2D eigenvalue weighted by Gasteiger charge is -2.22. The van der Waals surface area contributed by atoms with Crippen molar-refractivity contribution in [3.63, 3.8) is 0 Å². The summed E-state index contributed by atoms with van der Waals surface area (Å²) in [6, 6.07) is 7.48. The maximum absolute atomic E-state index is 12.0. The fraction of sp³-hybridized carbons (Fsp3) is 0.529. The smallest absolute Gasteiger partial charge is 0.279 e. The number of benzene rings is 1. The van der Waals surface area contributed by atoms with Crippen LogP contribution in [0.4, 0.5) is 5.69 Å². The number of rotatable bonds is 5. The number of carbonyl (C=O) groups excluding carboxylic acids is 2. The summed E-state index contributed by atoms with van der Waals surface area (Å²) in [5.41, 5.74) is 1.40. The molecule has 2 aliphatic rings. The van der Waals surface area contributed by atoms with Gasteiger partial charge in [-0.3, -0.25) is 9.59 Å². The average Bonchev–Trinajstić information content (AvgIpc) is 3.33. The van der Waals surface area contributed by atoms with Gasteiger partial charge in [0.1, 0.15) is 0 Å². The Kier molecular flexibility index (Phi) is 4.73. The minimum absolute atomic E-state index is 0.0295. The van der Waals surface area contributed by atoms with Gasteiger partial charge in [-0.25, -0.2) is 0 Å². The first-order chi connectivity index (χ1) is 10.7. The lowest BCUT2D eigenvalue weighted by molar-refractivity contribution is -0.896. The standard InChI is InChI=1S/C17H23N3O2/c21-16(12-20-10-2-1-3-11-20)18-14-6-4-13(5-7-14)17(22)19-15-8-9-15/h4-7,15H,1-3,8-12H2,(H,18,21)(H,19,22)/p+1. The van der Waals surface area contributed by atoms with Gasteiger partial charge in [0, 0.05) is 17.3 Å². The van der Waals surface area contributed by atoms with E-state index in [-0.39, 0.29) is 11.8 Å². The number of hydrogen-bond acceptors (Lipinski definition) is 2. The average molecular weight is 302 g/mol. The Labute approximate surface area is 131 Å². The molecule has 5 nitrogen and oxygen atoms in total. The normalized spacial score (nSPS) is 18.7. The van der Waals surface area contributed by atoms with E-state index in [0.29, 0.717) is 18.2 Å². The molecule has 0 bridgehead atoms. The molecule has 3 N–H and O–H groups in total. The second-order valence-corrected chi connectivity index (χ2v) is 6.36. The fourth-order valence-electron chi connectivity index (χ4n) is 2.86. The van der Waals surface area contributed by atoms with Crippen LogP contribution in [0.3, 0.4) is 0 Å². The third-order valence-electron chi connectivity index (χ3n) is 4.31. The van der Waals surface area contributed by atoms with E-state index >= 15 is 0 Å². The highest BCUT2D eigenvalue weighted by molar-refractivity contribution is 5.96. The highest BCUT2D eigenvalue weighted by Gasteiger charge is 2.23. The van der Waals surface area contributed by atoms with Gasteiger partial charge in [0.25, 0.3) is 11.8 Å². The number of amides is 2. The number of likely N-dealkylation sites (tertiary alicyclic amines) is 1. The van der Waals surface area contributed by atoms with Gasteiger partial charge in [0.2, 0.25) is 0 Å². The molecule has 0 spiro atoms. The molecule has 1 aromatic rings. The molecule has 118 valence electrons. The van der Waals surface area contributed by atoms with Crippen LogP contribution in [-0.2, 0) is 4.79 Å². The molecular weight excluding hydrogens is 278 g/mol. The van der Waals surface area contributed by atoms with E-state index in [1.165, 1.54) is 24.2 Å². The zero-order chi connectivity index (χ0) is 15.4. The third kappa shape index (κ3) is 4.31. The van der Waals surface area contributed by atoms with E-state index in [2.05, 4.69) is 10.6 Å². The van der Waals surface area contributed by atoms with Crippen molar-refractivity contribution < 1.29 is 14.5 Å². The second-order valence-electron chi connectivity index (χ2n) is 6.36. The van der Waals surface area contributed by atoms with Crippen LogP contribution in [0, 0.1) is 0 Å². The monoisotopic (exact) mass is 302 g/mol. The minimum atomic E-state index is -0.0295. The fourth-order valence-corrected chi connectivity index (χ4v) is 2.86. The number of quaternary nitrogens is 1. The maximum Gasteiger partial charge on any atom is 0.279 e. The van der Waals surface area contributed by atoms with Gasteiger partial charge < -0.3 is 15.5 Å². The first-order valence-electron chi connectivity index (χ1n) is 8.25. The van der Waals surface area contributed by atoms with Crippen LogP contribution in [0.15, 0.2) is 24.3 Å². The Morgan fingerprint density at radius 3 is 2.36 bits per heavy atom. The molecule has 1 saturated carbocycles. The van der Waals surface area contributed by atoms with Crippen molar-refractivity contribution in [1.29, 1.82) is 0 Å². The summed E-state index contributed by atoms with van der Waals surface area (Å²) >= 11 is 0. The molecule has 0 aromatic heterocycles. The van der Waals surface area contributed by atoms with E-state index in [0.717, 1.165) is 31.6 Å². The van der Waals surface area contributed by atoms with Gasteiger partial charge in [-0.1, -0.05) is 0 Å². The van der Waals surface area contributed by atoms with E-state index in [4.69, 9.17) is 0 Å². The third-order valence-corrected chi connectivity index (χ3v) is 4.31. The van der Waals surface area contributed by atoms with Crippen molar-refractivity contribution >= 4 is 17.5 Å². The quantitative estimate of drug-likeness (QED) is 0.745. The summed E-state index contributed by atoms with van der Waals surface area (Å²) in [4.78, 5) is 25.3. The predicted octanol–water partition coefficient (Wildman–Crippen LogP) is 0.586. The zero-order valence-electron chi connectivity index (χ0n) is 12.9. The van der Waals surface area contributed by atoms with Gasteiger partial charge in [0.05, 0.1) is 13.1 Å². The van der Waals surface area contributed by atoms with E-state index < -0.39 is 0 Å².